The van der Waals surface area contributed by atoms with Crippen LogP contribution in [0, 0.1) is 6.92 Å². The number of fused-ring (bicyclic) bond motifs is 2. The van der Waals surface area contributed by atoms with Gasteiger partial charge in [-0.1, -0.05) is 18.2 Å². The number of pyridine rings is 1. The van der Waals surface area contributed by atoms with Crippen LogP contribution < -0.4 is 5.32 Å². The van der Waals surface area contributed by atoms with Crippen LogP contribution in [0.3, 0.4) is 0 Å². The molecule has 4 rings (SSSR count). The predicted octanol–water partition coefficient (Wildman–Crippen LogP) is 3.58. The van der Waals surface area contributed by atoms with Gasteiger partial charge in [0.1, 0.15) is 10.7 Å². The van der Waals surface area contributed by atoms with E-state index < -0.39 is 0 Å². The minimum absolute atomic E-state index is 0.159. The number of carbonyl (C=O) groups excluding carboxylic acids is 1. The van der Waals surface area contributed by atoms with Crippen molar-refractivity contribution in [3.8, 4) is 0 Å². The van der Waals surface area contributed by atoms with E-state index in [0.717, 1.165) is 32.1 Å². The third kappa shape index (κ3) is 3.29. The Kier molecular flexibility index (Phi) is 4.03. The Bertz CT molecular complexity index is 1060. The van der Waals surface area contributed by atoms with Crippen molar-refractivity contribution in [2.75, 3.05) is 0 Å². The highest BCUT2D eigenvalue weighted by Gasteiger charge is 2.05. The molecule has 0 unspecified atom stereocenters. The Balaban J connectivity index is 1.42. The molecule has 0 fully saturated rings. The number of amides is 1. The van der Waals surface area contributed by atoms with Crippen LogP contribution in [-0.2, 0) is 11.3 Å². The van der Waals surface area contributed by atoms with Gasteiger partial charge in [-0.3, -0.25) is 4.79 Å². The fourth-order valence-corrected chi connectivity index (χ4v) is 3.50. The number of carbonyl (C=O) groups is 1. The van der Waals surface area contributed by atoms with E-state index in [9.17, 15) is 4.79 Å². The lowest BCUT2D eigenvalue weighted by molar-refractivity contribution is -0.116. The maximum absolute atomic E-state index is 12.0. The van der Waals surface area contributed by atoms with E-state index in [4.69, 9.17) is 0 Å². The first-order valence-corrected chi connectivity index (χ1v) is 8.75. The number of imidazole rings is 1. The number of nitrogens with one attached hydrogen (secondary N) is 1. The molecule has 124 valence electrons. The van der Waals surface area contributed by atoms with Gasteiger partial charge in [0.2, 0.25) is 5.91 Å². The van der Waals surface area contributed by atoms with Crippen molar-refractivity contribution in [2.45, 2.75) is 13.5 Å². The Labute approximate surface area is 148 Å². The number of hydrogen-bond acceptors (Lipinski definition) is 4. The lowest BCUT2D eigenvalue weighted by Crippen LogP contribution is -2.20. The number of benzene rings is 1. The number of nitrogens with zero attached hydrogens (tertiary/aromatic N) is 3. The molecule has 0 atom stereocenters. The van der Waals surface area contributed by atoms with Crippen LogP contribution in [0.15, 0.2) is 54.9 Å². The number of rotatable bonds is 4. The van der Waals surface area contributed by atoms with Crippen molar-refractivity contribution in [3.63, 3.8) is 0 Å². The van der Waals surface area contributed by atoms with Crippen molar-refractivity contribution in [3.05, 3.63) is 71.1 Å². The van der Waals surface area contributed by atoms with E-state index in [1.54, 1.807) is 17.4 Å². The van der Waals surface area contributed by atoms with Gasteiger partial charge < -0.3 is 9.72 Å². The topological polar surface area (TPSA) is 59.3 Å². The second-order valence-electron chi connectivity index (χ2n) is 5.73. The van der Waals surface area contributed by atoms with Gasteiger partial charge in [0.25, 0.3) is 0 Å². The quantitative estimate of drug-likeness (QED) is 0.574. The van der Waals surface area contributed by atoms with E-state index in [1.165, 1.54) is 6.08 Å². The second kappa shape index (κ2) is 6.49. The summed E-state index contributed by atoms with van der Waals surface area (Å²) in [6, 6.07) is 11.9. The highest BCUT2D eigenvalue weighted by Crippen LogP contribution is 2.22. The lowest BCUT2D eigenvalue weighted by Gasteiger charge is -1.97. The average molecular weight is 348 g/mol. The second-order valence-corrected chi connectivity index (χ2v) is 6.79. The molecular weight excluding hydrogens is 332 g/mol. The summed E-state index contributed by atoms with van der Waals surface area (Å²) >= 11 is 1.56. The molecule has 0 aliphatic carbocycles. The summed E-state index contributed by atoms with van der Waals surface area (Å²) in [6.07, 6.45) is 7.14. The van der Waals surface area contributed by atoms with E-state index in [-0.39, 0.29) is 5.91 Å². The van der Waals surface area contributed by atoms with Gasteiger partial charge in [-0.05, 0) is 36.8 Å². The smallest absolute Gasteiger partial charge is 0.244 e. The summed E-state index contributed by atoms with van der Waals surface area (Å²) in [5.41, 5.74) is 3.80. The van der Waals surface area contributed by atoms with Crippen LogP contribution in [0.1, 0.15) is 16.3 Å². The molecule has 5 nitrogen and oxygen atoms in total. The molecule has 0 saturated carbocycles. The van der Waals surface area contributed by atoms with E-state index >= 15 is 0 Å². The molecule has 4 aromatic rings. The van der Waals surface area contributed by atoms with Gasteiger partial charge in [0, 0.05) is 18.5 Å². The largest absolute Gasteiger partial charge is 0.347 e. The van der Waals surface area contributed by atoms with Gasteiger partial charge in [-0.15, -0.1) is 11.3 Å². The fourth-order valence-electron chi connectivity index (χ4n) is 2.63. The molecule has 0 radical (unpaired) electrons. The first-order chi connectivity index (χ1) is 12.2. The van der Waals surface area contributed by atoms with Crippen LogP contribution in [0.5, 0.6) is 0 Å². The summed E-state index contributed by atoms with van der Waals surface area (Å²) < 4.78 is 3.08. The summed E-state index contributed by atoms with van der Waals surface area (Å²) in [7, 11) is 0. The van der Waals surface area contributed by atoms with Gasteiger partial charge in [-0.25, -0.2) is 9.97 Å². The Hall–Kier alpha value is -2.99. The zero-order valence-corrected chi connectivity index (χ0v) is 14.5. The molecule has 25 heavy (non-hydrogen) atoms. The third-order valence-corrected chi connectivity index (χ3v) is 4.86. The number of aryl methyl sites for hydroxylation is 1. The highest BCUT2D eigenvalue weighted by molar-refractivity contribution is 7.19. The minimum atomic E-state index is -0.159. The molecule has 0 bridgehead atoms. The van der Waals surface area contributed by atoms with Crippen molar-refractivity contribution in [1.29, 1.82) is 0 Å². The minimum Gasteiger partial charge on any atom is -0.347 e. The molecule has 6 heteroatoms. The van der Waals surface area contributed by atoms with Crippen LogP contribution in [0.4, 0.5) is 0 Å². The predicted molar refractivity (Wildman–Crippen MR) is 100 cm³/mol. The van der Waals surface area contributed by atoms with Gasteiger partial charge in [-0.2, -0.15) is 0 Å². The number of thiazole rings is 1. The Morgan fingerprint density at radius 3 is 2.96 bits per heavy atom. The molecule has 3 aromatic heterocycles. The summed E-state index contributed by atoms with van der Waals surface area (Å²) in [4.78, 5) is 21.1. The highest BCUT2D eigenvalue weighted by atomic mass is 32.1. The van der Waals surface area contributed by atoms with E-state index in [2.05, 4.69) is 15.3 Å². The van der Waals surface area contributed by atoms with Gasteiger partial charge in [0.05, 0.1) is 22.5 Å². The maximum Gasteiger partial charge on any atom is 0.244 e. The molecule has 0 spiro atoms. The monoisotopic (exact) mass is 348 g/mol. The van der Waals surface area contributed by atoms with Gasteiger partial charge >= 0.3 is 0 Å². The molecule has 0 aliphatic rings. The fraction of sp³-hybridized carbons (Fsp3) is 0.105. The number of para-hydroxylation sites is 1. The zero-order valence-electron chi connectivity index (χ0n) is 13.6. The van der Waals surface area contributed by atoms with Crippen molar-refractivity contribution in [1.82, 2.24) is 19.7 Å². The normalized spacial score (nSPS) is 11.6. The number of aromatic nitrogens is 3. The summed E-state index contributed by atoms with van der Waals surface area (Å²) in [5, 5.41) is 3.68. The van der Waals surface area contributed by atoms with E-state index in [0.29, 0.717) is 6.54 Å². The molecule has 1 aromatic carbocycles. The zero-order chi connectivity index (χ0) is 17.2. The van der Waals surface area contributed by atoms with E-state index in [1.807, 2.05) is 60.1 Å². The SMILES string of the molecule is Cc1cccn2cc(CNC(=O)C=Cc3nc4ccccc4s3)nc12. The van der Waals surface area contributed by atoms with Gasteiger partial charge in [0.15, 0.2) is 0 Å². The Morgan fingerprint density at radius 2 is 2.12 bits per heavy atom. The van der Waals surface area contributed by atoms with Crippen LogP contribution in [0.2, 0.25) is 0 Å². The standard InChI is InChI=1S/C19H16N4OS/c1-13-5-4-10-23-12-14(21-19(13)23)11-20-17(24)8-9-18-22-15-6-2-3-7-16(15)25-18/h2-10,12H,11H2,1H3,(H,20,24). The molecule has 3 heterocycles. The molecule has 0 aliphatic heterocycles. The first-order valence-electron chi connectivity index (χ1n) is 7.94. The van der Waals surface area contributed by atoms with Crippen molar-refractivity contribution >= 4 is 39.2 Å². The average Bonchev–Trinajstić information content (AvgIpc) is 3.22. The summed E-state index contributed by atoms with van der Waals surface area (Å²) in [6.45, 7) is 2.41. The molecule has 0 saturated heterocycles. The third-order valence-electron chi connectivity index (χ3n) is 3.86. The van der Waals surface area contributed by atoms with Crippen molar-refractivity contribution in [2.24, 2.45) is 0 Å². The molecule has 1 amide bonds. The first kappa shape index (κ1) is 15.5. The number of hydrogen-bond donors (Lipinski definition) is 1. The van der Waals surface area contributed by atoms with Crippen LogP contribution in [0.25, 0.3) is 21.9 Å². The molecular formula is C19H16N4OS. The van der Waals surface area contributed by atoms with Crippen LogP contribution >= 0.6 is 11.3 Å². The molecule has 1 N–H and O–H groups in total. The maximum atomic E-state index is 12.0. The summed E-state index contributed by atoms with van der Waals surface area (Å²) in [5.74, 6) is -0.159. The lowest BCUT2D eigenvalue weighted by atomic mass is 10.3. The van der Waals surface area contributed by atoms with Crippen LogP contribution in [-0.4, -0.2) is 20.3 Å². The Morgan fingerprint density at radius 1 is 1.24 bits per heavy atom. The van der Waals surface area contributed by atoms with Crippen molar-refractivity contribution < 1.29 is 4.79 Å².